The van der Waals surface area contributed by atoms with Gasteiger partial charge in [0.25, 0.3) is 0 Å². The standard InChI is InChI=1S/C9H12O4/c1-2-3-6-7(10)4-5-9(12,13)8(6)11/h2,11-13H,1,3-5H2. The molecule has 0 saturated heterocycles. The predicted octanol–water partition coefficient (Wildman–Crippen LogP) is 0.418. The lowest BCUT2D eigenvalue weighted by atomic mass is 9.90. The highest BCUT2D eigenvalue weighted by Crippen LogP contribution is 2.29. The van der Waals surface area contributed by atoms with Gasteiger partial charge in [-0.2, -0.15) is 0 Å². The van der Waals surface area contributed by atoms with Crippen LogP contribution in [-0.2, 0) is 4.79 Å². The third kappa shape index (κ3) is 1.79. The van der Waals surface area contributed by atoms with Crippen molar-refractivity contribution in [2.24, 2.45) is 0 Å². The molecule has 72 valence electrons. The van der Waals surface area contributed by atoms with Crippen molar-refractivity contribution < 1.29 is 20.1 Å². The normalized spacial score (nSPS) is 21.8. The number of carbonyl (C=O) groups is 1. The Morgan fingerprint density at radius 2 is 2.15 bits per heavy atom. The Labute approximate surface area is 75.8 Å². The molecule has 1 aliphatic carbocycles. The highest BCUT2D eigenvalue weighted by Gasteiger charge is 2.37. The minimum atomic E-state index is -2.24. The van der Waals surface area contributed by atoms with Crippen LogP contribution in [0.15, 0.2) is 24.0 Å². The summed E-state index contributed by atoms with van der Waals surface area (Å²) in [7, 11) is 0. The van der Waals surface area contributed by atoms with Crippen molar-refractivity contribution in [1.82, 2.24) is 0 Å². The van der Waals surface area contributed by atoms with Crippen LogP contribution in [0.3, 0.4) is 0 Å². The van der Waals surface area contributed by atoms with Crippen LogP contribution in [0, 0.1) is 0 Å². The number of hydrogen-bond donors (Lipinski definition) is 3. The van der Waals surface area contributed by atoms with Crippen molar-refractivity contribution in [2.45, 2.75) is 25.0 Å². The number of ketones is 1. The first-order chi connectivity index (χ1) is 5.99. The molecule has 0 unspecified atom stereocenters. The van der Waals surface area contributed by atoms with Crippen molar-refractivity contribution >= 4 is 5.78 Å². The molecule has 13 heavy (non-hydrogen) atoms. The van der Waals surface area contributed by atoms with Crippen LogP contribution in [-0.4, -0.2) is 26.9 Å². The summed E-state index contributed by atoms with van der Waals surface area (Å²) >= 11 is 0. The van der Waals surface area contributed by atoms with E-state index in [1.165, 1.54) is 6.08 Å². The van der Waals surface area contributed by atoms with E-state index in [-0.39, 0.29) is 30.6 Å². The second kappa shape index (κ2) is 3.32. The smallest absolute Gasteiger partial charge is 0.223 e. The van der Waals surface area contributed by atoms with E-state index in [2.05, 4.69) is 6.58 Å². The van der Waals surface area contributed by atoms with Crippen LogP contribution in [0.5, 0.6) is 0 Å². The predicted molar refractivity (Wildman–Crippen MR) is 45.9 cm³/mol. The molecule has 0 bridgehead atoms. The Morgan fingerprint density at radius 3 is 2.69 bits per heavy atom. The summed E-state index contributed by atoms with van der Waals surface area (Å²) in [5.41, 5.74) is 0.0475. The first-order valence-corrected chi connectivity index (χ1v) is 4.00. The monoisotopic (exact) mass is 184 g/mol. The second-order valence-corrected chi connectivity index (χ2v) is 3.06. The van der Waals surface area contributed by atoms with Gasteiger partial charge in [-0.05, 0) is 6.42 Å². The highest BCUT2D eigenvalue weighted by atomic mass is 16.5. The van der Waals surface area contributed by atoms with Crippen LogP contribution < -0.4 is 0 Å². The quantitative estimate of drug-likeness (QED) is 0.429. The maximum absolute atomic E-state index is 11.2. The minimum absolute atomic E-state index is 0.0419. The summed E-state index contributed by atoms with van der Waals surface area (Å²) in [5, 5.41) is 27.7. The molecule has 0 amide bonds. The molecule has 0 heterocycles. The van der Waals surface area contributed by atoms with Crippen LogP contribution in [0.25, 0.3) is 0 Å². The maximum atomic E-state index is 11.2. The molecule has 1 aliphatic rings. The van der Waals surface area contributed by atoms with Crippen molar-refractivity contribution in [3.63, 3.8) is 0 Å². The summed E-state index contributed by atoms with van der Waals surface area (Å²) in [4.78, 5) is 11.2. The van der Waals surface area contributed by atoms with E-state index >= 15 is 0 Å². The summed E-state index contributed by atoms with van der Waals surface area (Å²) in [6.45, 7) is 3.41. The summed E-state index contributed by atoms with van der Waals surface area (Å²) < 4.78 is 0. The lowest BCUT2D eigenvalue weighted by Gasteiger charge is -2.26. The molecule has 0 aromatic rings. The van der Waals surface area contributed by atoms with Crippen LogP contribution in [0.2, 0.25) is 0 Å². The van der Waals surface area contributed by atoms with E-state index in [0.717, 1.165) is 0 Å². The Bertz CT molecular complexity index is 275. The number of hydrogen-bond acceptors (Lipinski definition) is 4. The van der Waals surface area contributed by atoms with E-state index in [0.29, 0.717) is 0 Å². The van der Waals surface area contributed by atoms with E-state index in [1.807, 2.05) is 0 Å². The zero-order chi connectivity index (χ0) is 10.1. The number of Topliss-reactive ketones (excluding diaryl/α,β-unsaturated/α-hetero) is 1. The van der Waals surface area contributed by atoms with Crippen LogP contribution >= 0.6 is 0 Å². The molecular weight excluding hydrogens is 172 g/mol. The van der Waals surface area contributed by atoms with Crippen LogP contribution in [0.1, 0.15) is 19.3 Å². The van der Waals surface area contributed by atoms with Gasteiger partial charge >= 0.3 is 0 Å². The molecule has 0 spiro atoms. The van der Waals surface area contributed by atoms with Crippen molar-refractivity contribution in [2.75, 3.05) is 0 Å². The molecule has 0 fully saturated rings. The first-order valence-electron chi connectivity index (χ1n) is 4.00. The van der Waals surface area contributed by atoms with Gasteiger partial charge in [0.05, 0.1) is 0 Å². The fraction of sp³-hybridized carbons (Fsp3) is 0.444. The lowest BCUT2D eigenvalue weighted by molar-refractivity contribution is -0.166. The number of aliphatic hydroxyl groups is 3. The Morgan fingerprint density at radius 1 is 1.54 bits per heavy atom. The van der Waals surface area contributed by atoms with E-state index in [9.17, 15) is 20.1 Å². The lowest BCUT2D eigenvalue weighted by Crippen LogP contribution is -2.37. The summed E-state index contributed by atoms with van der Waals surface area (Å²) in [5.74, 6) is -3.13. The summed E-state index contributed by atoms with van der Waals surface area (Å²) in [6, 6.07) is 0. The largest absolute Gasteiger partial charge is 0.506 e. The van der Waals surface area contributed by atoms with Gasteiger partial charge in [-0.15, -0.1) is 6.58 Å². The average Bonchev–Trinajstić information content (AvgIpc) is 2.07. The number of aliphatic hydroxyl groups excluding tert-OH is 1. The van der Waals surface area contributed by atoms with Gasteiger partial charge in [0.15, 0.2) is 11.5 Å². The topological polar surface area (TPSA) is 77.8 Å². The average molecular weight is 184 g/mol. The van der Waals surface area contributed by atoms with Crippen molar-refractivity contribution in [3.8, 4) is 0 Å². The number of rotatable bonds is 2. The molecule has 0 aromatic carbocycles. The van der Waals surface area contributed by atoms with Crippen molar-refractivity contribution in [3.05, 3.63) is 24.0 Å². The van der Waals surface area contributed by atoms with E-state index in [1.54, 1.807) is 0 Å². The zero-order valence-electron chi connectivity index (χ0n) is 7.16. The van der Waals surface area contributed by atoms with Gasteiger partial charge in [0, 0.05) is 18.4 Å². The third-order valence-electron chi connectivity index (χ3n) is 2.05. The van der Waals surface area contributed by atoms with Gasteiger partial charge < -0.3 is 15.3 Å². The molecule has 0 aliphatic heterocycles. The molecule has 1 rings (SSSR count). The van der Waals surface area contributed by atoms with Gasteiger partial charge in [0.1, 0.15) is 0 Å². The second-order valence-electron chi connectivity index (χ2n) is 3.06. The molecule has 4 heteroatoms. The molecule has 0 saturated carbocycles. The SMILES string of the molecule is C=CCC1=C(O)C(O)(O)CCC1=O. The Balaban J connectivity index is 3.07. The third-order valence-corrected chi connectivity index (χ3v) is 2.05. The van der Waals surface area contributed by atoms with Crippen LogP contribution in [0.4, 0.5) is 0 Å². The summed E-state index contributed by atoms with van der Waals surface area (Å²) in [6.07, 6.45) is 1.48. The Hall–Kier alpha value is -1.13. The van der Waals surface area contributed by atoms with E-state index in [4.69, 9.17) is 0 Å². The fourth-order valence-corrected chi connectivity index (χ4v) is 1.29. The highest BCUT2D eigenvalue weighted by molar-refractivity contribution is 5.97. The molecule has 4 nitrogen and oxygen atoms in total. The molecule has 0 atom stereocenters. The van der Waals surface area contributed by atoms with Gasteiger partial charge in [-0.3, -0.25) is 4.79 Å². The zero-order valence-corrected chi connectivity index (χ0v) is 7.16. The first kappa shape index (κ1) is 9.95. The van der Waals surface area contributed by atoms with E-state index < -0.39 is 11.5 Å². The van der Waals surface area contributed by atoms with Crippen molar-refractivity contribution in [1.29, 1.82) is 0 Å². The number of carbonyl (C=O) groups excluding carboxylic acids is 1. The number of allylic oxidation sites excluding steroid dienone is 2. The van der Waals surface area contributed by atoms with Gasteiger partial charge in [-0.25, -0.2) is 0 Å². The fourth-order valence-electron chi connectivity index (χ4n) is 1.29. The molecule has 3 N–H and O–H groups in total. The Kier molecular flexibility index (Phi) is 2.54. The molecule has 0 aromatic heterocycles. The minimum Gasteiger partial charge on any atom is -0.506 e. The van der Waals surface area contributed by atoms with Gasteiger partial charge in [0.2, 0.25) is 5.79 Å². The molecular formula is C9H12O4. The maximum Gasteiger partial charge on any atom is 0.223 e. The van der Waals surface area contributed by atoms with Gasteiger partial charge in [-0.1, -0.05) is 6.08 Å². The molecule has 0 radical (unpaired) electrons.